The molecule has 5 N–H and O–H groups in total. The first-order valence-corrected chi connectivity index (χ1v) is 5.25. The van der Waals surface area contributed by atoms with Gasteiger partial charge in [-0.05, 0) is 0 Å². The van der Waals surface area contributed by atoms with Crippen LogP contribution < -0.4 is 0 Å². The second-order valence-electron chi connectivity index (χ2n) is 3.12. The third-order valence-electron chi connectivity index (χ3n) is 1.28. The van der Waals surface area contributed by atoms with E-state index in [4.69, 9.17) is 25.5 Å². The summed E-state index contributed by atoms with van der Waals surface area (Å²) < 4.78 is 0. The Labute approximate surface area is 118 Å². The summed E-state index contributed by atoms with van der Waals surface area (Å²) in [5.74, 6) is -5.29. The summed E-state index contributed by atoms with van der Waals surface area (Å²) >= 11 is 0. The highest BCUT2D eigenvalue weighted by atomic mass is 16.4. The molecule has 120 valence electrons. The monoisotopic (exact) mass is 308 g/mol. The minimum atomic E-state index is -1.08. The highest BCUT2D eigenvalue weighted by Gasteiger charge is 2.00. The summed E-state index contributed by atoms with van der Waals surface area (Å²) in [6.07, 6.45) is -0.352. The first kappa shape index (κ1) is 23.2. The number of rotatable bonds is 7. The largest absolute Gasteiger partial charge is 0.481 e. The predicted molar refractivity (Wildman–Crippen MR) is 66.8 cm³/mol. The molecule has 0 unspecified atom stereocenters. The highest BCUT2D eigenvalue weighted by Crippen LogP contribution is 1.86. The molecule has 0 saturated heterocycles. The maximum atomic E-state index is 9.64. The Morgan fingerprint density at radius 2 is 0.762 bits per heavy atom. The van der Waals surface area contributed by atoms with Gasteiger partial charge in [-0.15, -0.1) is 0 Å². The van der Waals surface area contributed by atoms with Crippen molar-refractivity contribution in [3.63, 3.8) is 0 Å². The topological polar surface area (TPSA) is 186 Å². The van der Waals surface area contributed by atoms with Gasteiger partial charge >= 0.3 is 29.8 Å². The van der Waals surface area contributed by atoms with E-state index in [0.717, 1.165) is 6.08 Å². The zero-order valence-electron chi connectivity index (χ0n) is 10.9. The average Bonchev–Trinajstić information content (AvgIpc) is 2.35. The van der Waals surface area contributed by atoms with Crippen LogP contribution in [0.3, 0.4) is 0 Å². The summed E-state index contributed by atoms with van der Waals surface area (Å²) in [5, 5.41) is 39.2. The fraction of sp³-hybridized carbons (Fsp3) is 0.364. The van der Waals surface area contributed by atoms with Gasteiger partial charge in [-0.3, -0.25) is 19.2 Å². The standard InChI is InChI=1S/2C4H6O4.C3H4O2/c2*5-3(6)1-2-4(7)8;1-2-3(4)5/h2*1-2H2,(H,5,6)(H,7,8);2H,1H2,(H,4,5). The van der Waals surface area contributed by atoms with Crippen molar-refractivity contribution >= 4 is 29.8 Å². The fourth-order valence-electron chi connectivity index (χ4n) is 0.428. The lowest BCUT2D eigenvalue weighted by atomic mass is 10.3. The minimum absolute atomic E-state index is 0.296. The van der Waals surface area contributed by atoms with Crippen LogP contribution in [0, 0.1) is 0 Å². The number of carboxylic acid groups (broad SMARTS) is 5. The van der Waals surface area contributed by atoms with Crippen LogP contribution in [-0.4, -0.2) is 55.4 Å². The zero-order valence-corrected chi connectivity index (χ0v) is 10.9. The minimum Gasteiger partial charge on any atom is -0.481 e. The van der Waals surface area contributed by atoms with Gasteiger partial charge in [-0.2, -0.15) is 0 Å². The molecule has 0 rings (SSSR count). The van der Waals surface area contributed by atoms with Crippen LogP contribution in [0.4, 0.5) is 0 Å². The van der Waals surface area contributed by atoms with Crippen LogP contribution in [0.5, 0.6) is 0 Å². The van der Waals surface area contributed by atoms with E-state index in [1.165, 1.54) is 0 Å². The molecular weight excluding hydrogens is 292 g/mol. The molecule has 10 nitrogen and oxygen atoms in total. The van der Waals surface area contributed by atoms with Crippen LogP contribution in [0.1, 0.15) is 25.7 Å². The van der Waals surface area contributed by atoms with E-state index in [-0.39, 0.29) is 25.7 Å². The SMILES string of the molecule is C=CC(=O)O.O=C(O)CCC(=O)O.O=C(O)CCC(=O)O. The first-order chi connectivity index (χ1) is 9.52. The Morgan fingerprint density at radius 1 is 0.619 bits per heavy atom. The van der Waals surface area contributed by atoms with Crippen LogP contribution in [0.15, 0.2) is 12.7 Å². The molecule has 0 aromatic heterocycles. The molecule has 0 radical (unpaired) electrons. The van der Waals surface area contributed by atoms with Crippen molar-refractivity contribution in [3.8, 4) is 0 Å². The smallest absolute Gasteiger partial charge is 0.327 e. The molecule has 0 aliphatic carbocycles. The molecular formula is C11H16O10. The molecule has 0 bridgehead atoms. The van der Waals surface area contributed by atoms with E-state index in [1.54, 1.807) is 0 Å². The van der Waals surface area contributed by atoms with Crippen molar-refractivity contribution in [1.29, 1.82) is 0 Å². The summed E-state index contributed by atoms with van der Waals surface area (Å²) in [5.41, 5.74) is 0. The van der Waals surface area contributed by atoms with Crippen molar-refractivity contribution in [2.75, 3.05) is 0 Å². The molecule has 0 amide bonds. The molecule has 0 fully saturated rings. The highest BCUT2D eigenvalue weighted by molar-refractivity contribution is 5.78. The lowest BCUT2D eigenvalue weighted by Crippen LogP contribution is -2.00. The Morgan fingerprint density at radius 3 is 0.810 bits per heavy atom. The van der Waals surface area contributed by atoms with Gasteiger partial charge < -0.3 is 25.5 Å². The number of hydrogen-bond donors (Lipinski definition) is 5. The first-order valence-electron chi connectivity index (χ1n) is 5.25. The van der Waals surface area contributed by atoms with Gasteiger partial charge in [0.25, 0.3) is 0 Å². The second kappa shape index (κ2) is 15.1. The van der Waals surface area contributed by atoms with E-state index in [9.17, 15) is 24.0 Å². The third kappa shape index (κ3) is 47.1. The summed E-state index contributed by atoms with van der Waals surface area (Å²) in [6, 6.07) is 0. The Bertz CT molecular complexity index is 328. The van der Waals surface area contributed by atoms with E-state index in [1.807, 2.05) is 0 Å². The second-order valence-corrected chi connectivity index (χ2v) is 3.12. The van der Waals surface area contributed by atoms with Crippen molar-refractivity contribution < 1.29 is 49.5 Å². The number of aliphatic carboxylic acids is 5. The summed E-state index contributed by atoms with van der Waals surface area (Å²) in [6.45, 7) is 2.96. The molecule has 21 heavy (non-hydrogen) atoms. The van der Waals surface area contributed by atoms with Gasteiger partial charge in [0.2, 0.25) is 0 Å². The molecule has 0 aromatic carbocycles. The third-order valence-corrected chi connectivity index (χ3v) is 1.28. The van der Waals surface area contributed by atoms with Crippen LogP contribution in [-0.2, 0) is 24.0 Å². The number of hydrogen-bond acceptors (Lipinski definition) is 5. The molecule has 0 aliphatic rings. The van der Waals surface area contributed by atoms with Crippen LogP contribution >= 0.6 is 0 Å². The van der Waals surface area contributed by atoms with Gasteiger partial charge in [-0.1, -0.05) is 6.58 Å². The van der Waals surface area contributed by atoms with Crippen molar-refractivity contribution in [2.45, 2.75) is 25.7 Å². The van der Waals surface area contributed by atoms with Crippen molar-refractivity contribution in [3.05, 3.63) is 12.7 Å². The van der Waals surface area contributed by atoms with E-state index >= 15 is 0 Å². The lowest BCUT2D eigenvalue weighted by molar-refractivity contribution is -0.143. The van der Waals surface area contributed by atoms with E-state index < -0.39 is 29.8 Å². The molecule has 10 heteroatoms. The van der Waals surface area contributed by atoms with Gasteiger partial charge in [-0.25, -0.2) is 4.79 Å². The Hall–Kier alpha value is -2.91. The fourth-order valence-corrected chi connectivity index (χ4v) is 0.428. The van der Waals surface area contributed by atoms with Gasteiger partial charge in [0, 0.05) is 6.08 Å². The van der Waals surface area contributed by atoms with E-state index in [2.05, 4.69) is 6.58 Å². The molecule has 0 spiro atoms. The van der Waals surface area contributed by atoms with E-state index in [0.29, 0.717) is 0 Å². The predicted octanol–water partition coefficient (Wildman–Crippen LogP) is 0.129. The zero-order chi connectivity index (χ0) is 17.4. The molecule has 0 atom stereocenters. The Balaban J connectivity index is -0.000000239. The molecule has 0 aromatic rings. The Kier molecular flexibility index (Phi) is 16.7. The molecule has 0 saturated carbocycles. The maximum Gasteiger partial charge on any atom is 0.327 e. The lowest BCUT2D eigenvalue weighted by Gasteiger charge is -1.85. The number of carboxylic acids is 5. The van der Waals surface area contributed by atoms with Crippen LogP contribution in [0.2, 0.25) is 0 Å². The summed E-state index contributed by atoms with van der Waals surface area (Å²) in [4.78, 5) is 47.8. The van der Waals surface area contributed by atoms with Crippen molar-refractivity contribution in [2.24, 2.45) is 0 Å². The molecule has 0 aliphatic heterocycles. The normalized spacial score (nSPS) is 8.00. The quantitative estimate of drug-likeness (QED) is 0.404. The average molecular weight is 308 g/mol. The maximum absolute atomic E-state index is 9.64. The van der Waals surface area contributed by atoms with Gasteiger partial charge in [0.1, 0.15) is 0 Å². The van der Waals surface area contributed by atoms with Crippen LogP contribution in [0.25, 0.3) is 0 Å². The van der Waals surface area contributed by atoms with Gasteiger partial charge in [0.15, 0.2) is 0 Å². The number of carbonyl (C=O) groups is 5. The van der Waals surface area contributed by atoms with Gasteiger partial charge in [0.05, 0.1) is 25.7 Å². The summed E-state index contributed by atoms with van der Waals surface area (Å²) in [7, 11) is 0. The van der Waals surface area contributed by atoms with Crippen molar-refractivity contribution in [1.82, 2.24) is 0 Å². The molecule has 0 heterocycles.